The van der Waals surface area contributed by atoms with Gasteiger partial charge in [0.1, 0.15) is 6.04 Å². The molecular formula is C20H25F2N5OS. The highest BCUT2D eigenvalue weighted by Gasteiger charge is 2.58. The van der Waals surface area contributed by atoms with E-state index in [4.69, 9.17) is 5.26 Å². The monoisotopic (exact) mass is 421 g/mol. The molecule has 2 heterocycles. The molecule has 5 aliphatic rings. The third-order valence-electron chi connectivity index (χ3n) is 7.22. The summed E-state index contributed by atoms with van der Waals surface area (Å²) in [5.41, 5.74) is -0.151. The lowest BCUT2D eigenvalue weighted by Gasteiger charge is -2.62. The number of amides is 1. The number of nitrogens with one attached hydrogen (secondary N) is 2. The van der Waals surface area contributed by atoms with Crippen LogP contribution in [0.15, 0.2) is 11.6 Å². The summed E-state index contributed by atoms with van der Waals surface area (Å²) in [5.74, 6) is -2.16. The molecule has 1 saturated heterocycles. The number of hydrogen-bond acceptors (Lipinski definition) is 6. The summed E-state index contributed by atoms with van der Waals surface area (Å²) >= 11 is 1.60. The first kappa shape index (κ1) is 19.2. The fraction of sp³-hybridized carbons (Fsp3) is 0.750. The van der Waals surface area contributed by atoms with Gasteiger partial charge in [-0.25, -0.2) is 13.8 Å². The number of thiazole rings is 1. The molecule has 5 fully saturated rings. The Labute approximate surface area is 172 Å². The number of hydrogen-bond donors (Lipinski definition) is 2. The smallest absolute Gasteiger partial charge is 0.268 e. The lowest BCUT2D eigenvalue weighted by Crippen LogP contribution is -2.67. The van der Waals surface area contributed by atoms with Gasteiger partial charge in [0.25, 0.3) is 5.92 Å². The molecule has 2 N–H and O–H groups in total. The maximum Gasteiger partial charge on any atom is 0.268 e. The van der Waals surface area contributed by atoms with Crippen LogP contribution in [0.25, 0.3) is 0 Å². The van der Waals surface area contributed by atoms with E-state index in [0.717, 1.165) is 42.1 Å². The topological polar surface area (TPSA) is 81.0 Å². The highest BCUT2D eigenvalue weighted by atomic mass is 32.1. The number of carbonyl (C=O) groups excluding carboxylic acids is 1. The Morgan fingerprint density at radius 2 is 2.00 bits per heavy atom. The maximum absolute atomic E-state index is 13.7. The zero-order valence-corrected chi connectivity index (χ0v) is 17.0. The Morgan fingerprint density at radius 3 is 2.66 bits per heavy atom. The van der Waals surface area contributed by atoms with Gasteiger partial charge in [0, 0.05) is 29.1 Å². The SMILES string of the molecule is N#C[C@@H]1CC(F)(F)CN1C(=O)CNC12CC3CC(C1)CC(Nc1nccs1)(C3)C2. The van der Waals surface area contributed by atoms with Gasteiger partial charge in [-0.3, -0.25) is 4.79 Å². The Hall–Kier alpha value is -1.79. The van der Waals surface area contributed by atoms with E-state index in [1.54, 1.807) is 17.5 Å². The standard InChI is InChI=1S/C20H25F2N5OS/c21-20(22)8-15(9-23)27(12-20)16(28)10-25-18-4-13-3-14(5-18)7-19(6-13,11-18)26-17-24-1-2-29-17/h1-2,13-15,25H,3-8,10-12H2,(H,24,26)/t13?,14?,15-,18?,19?/m0/s1. The molecule has 4 aliphatic carbocycles. The average Bonchev–Trinajstić information content (AvgIpc) is 3.25. The van der Waals surface area contributed by atoms with Crippen molar-refractivity contribution in [3.8, 4) is 6.07 Å². The van der Waals surface area contributed by atoms with E-state index in [9.17, 15) is 13.6 Å². The van der Waals surface area contributed by atoms with E-state index in [2.05, 4.69) is 15.6 Å². The van der Waals surface area contributed by atoms with Crippen LogP contribution in [0.2, 0.25) is 0 Å². The van der Waals surface area contributed by atoms with Gasteiger partial charge in [0.05, 0.1) is 19.2 Å². The Balaban J connectivity index is 1.29. The Bertz CT molecular complexity index is 824. The molecule has 2 unspecified atom stereocenters. The van der Waals surface area contributed by atoms with Crippen LogP contribution in [0.4, 0.5) is 13.9 Å². The number of likely N-dealkylation sites (tertiary alicyclic amines) is 1. The predicted octanol–water partition coefficient (Wildman–Crippen LogP) is 3.00. The third kappa shape index (κ3) is 3.50. The van der Waals surface area contributed by atoms with Crippen LogP contribution >= 0.6 is 11.3 Å². The minimum absolute atomic E-state index is 0.00610. The minimum Gasteiger partial charge on any atom is -0.356 e. The molecule has 0 aromatic carbocycles. The Morgan fingerprint density at radius 1 is 1.28 bits per heavy atom. The van der Waals surface area contributed by atoms with Gasteiger partial charge in [-0.15, -0.1) is 11.3 Å². The number of aromatic nitrogens is 1. The molecule has 156 valence electrons. The molecule has 1 aromatic heterocycles. The van der Waals surface area contributed by atoms with Crippen LogP contribution in [-0.2, 0) is 4.79 Å². The predicted molar refractivity (Wildman–Crippen MR) is 105 cm³/mol. The van der Waals surface area contributed by atoms with Crippen LogP contribution in [0.1, 0.15) is 44.9 Å². The molecule has 6 nitrogen and oxygen atoms in total. The zero-order valence-electron chi connectivity index (χ0n) is 16.2. The normalized spacial score (nSPS) is 39.5. The van der Waals surface area contributed by atoms with Crippen LogP contribution in [-0.4, -0.2) is 51.9 Å². The summed E-state index contributed by atoms with van der Waals surface area (Å²) in [6.45, 7) is -0.638. The van der Waals surface area contributed by atoms with Crippen molar-refractivity contribution in [2.75, 3.05) is 18.4 Å². The van der Waals surface area contributed by atoms with Crippen LogP contribution in [0, 0.1) is 23.2 Å². The lowest BCUT2D eigenvalue weighted by molar-refractivity contribution is -0.132. The summed E-state index contributed by atoms with van der Waals surface area (Å²) in [5, 5.41) is 19.2. The first-order chi connectivity index (χ1) is 13.8. The number of halogens is 2. The zero-order chi connectivity index (χ0) is 20.3. The van der Waals surface area contributed by atoms with Crippen molar-refractivity contribution >= 4 is 22.4 Å². The fourth-order valence-corrected chi connectivity index (χ4v) is 7.33. The molecule has 4 saturated carbocycles. The number of alkyl halides is 2. The molecule has 0 radical (unpaired) electrons. The fourth-order valence-electron chi connectivity index (χ4n) is 6.69. The van der Waals surface area contributed by atoms with Crippen LogP contribution in [0.5, 0.6) is 0 Å². The number of nitrogens with zero attached hydrogens (tertiary/aromatic N) is 3. The van der Waals surface area contributed by atoms with E-state index < -0.39 is 30.8 Å². The van der Waals surface area contributed by atoms with E-state index >= 15 is 0 Å². The van der Waals surface area contributed by atoms with Gasteiger partial charge in [-0.1, -0.05) is 0 Å². The highest BCUT2D eigenvalue weighted by molar-refractivity contribution is 7.13. The molecule has 1 aliphatic heterocycles. The largest absolute Gasteiger partial charge is 0.356 e. The van der Waals surface area contributed by atoms with Crippen LogP contribution < -0.4 is 10.6 Å². The molecular weight excluding hydrogens is 396 g/mol. The molecule has 4 bridgehead atoms. The number of anilines is 1. The second-order valence-corrected chi connectivity index (χ2v) is 10.5. The second-order valence-electron chi connectivity index (χ2n) is 9.56. The quantitative estimate of drug-likeness (QED) is 0.764. The number of rotatable bonds is 5. The maximum atomic E-state index is 13.7. The van der Waals surface area contributed by atoms with Crippen LogP contribution in [0.3, 0.4) is 0 Å². The van der Waals surface area contributed by atoms with E-state index in [1.807, 2.05) is 11.4 Å². The number of nitriles is 1. The van der Waals surface area contributed by atoms with Crippen molar-refractivity contribution in [1.82, 2.24) is 15.2 Å². The average molecular weight is 422 g/mol. The molecule has 1 amide bonds. The van der Waals surface area contributed by atoms with Gasteiger partial charge in [0.15, 0.2) is 5.13 Å². The first-order valence-corrected chi connectivity index (χ1v) is 11.2. The summed E-state index contributed by atoms with van der Waals surface area (Å²) < 4.78 is 27.4. The summed E-state index contributed by atoms with van der Waals surface area (Å²) in [4.78, 5) is 18.1. The molecule has 0 spiro atoms. The van der Waals surface area contributed by atoms with Crippen molar-refractivity contribution in [2.24, 2.45) is 11.8 Å². The molecule has 6 rings (SSSR count). The van der Waals surface area contributed by atoms with Crippen molar-refractivity contribution in [1.29, 1.82) is 5.26 Å². The minimum atomic E-state index is -2.97. The van der Waals surface area contributed by atoms with Crippen molar-refractivity contribution in [2.45, 2.75) is 68.0 Å². The van der Waals surface area contributed by atoms with Gasteiger partial charge in [-0.2, -0.15) is 5.26 Å². The number of carbonyl (C=O) groups is 1. The molecule has 9 heteroatoms. The lowest BCUT2D eigenvalue weighted by atomic mass is 9.50. The summed E-state index contributed by atoms with van der Waals surface area (Å²) in [6, 6.07) is 0.823. The third-order valence-corrected chi connectivity index (χ3v) is 7.91. The van der Waals surface area contributed by atoms with E-state index in [1.165, 1.54) is 6.42 Å². The van der Waals surface area contributed by atoms with Gasteiger partial charge >= 0.3 is 0 Å². The highest BCUT2D eigenvalue weighted by Crippen LogP contribution is 2.58. The van der Waals surface area contributed by atoms with E-state index in [0.29, 0.717) is 11.8 Å². The molecule has 1 aromatic rings. The van der Waals surface area contributed by atoms with Crippen molar-refractivity contribution in [3.63, 3.8) is 0 Å². The van der Waals surface area contributed by atoms with Crippen molar-refractivity contribution in [3.05, 3.63) is 11.6 Å². The summed E-state index contributed by atoms with van der Waals surface area (Å²) in [7, 11) is 0. The second kappa shape index (κ2) is 6.61. The van der Waals surface area contributed by atoms with Crippen molar-refractivity contribution < 1.29 is 13.6 Å². The van der Waals surface area contributed by atoms with Gasteiger partial charge in [0.2, 0.25) is 5.91 Å². The van der Waals surface area contributed by atoms with E-state index in [-0.39, 0.29) is 17.6 Å². The molecule has 3 atom stereocenters. The van der Waals surface area contributed by atoms with Gasteiger partial charge < -0.3 is 15.5 Å². The molecule has 29 heavy (non-hydrogen) atoms. The van der Waals surface area contributed by atoms with Gasteiger partial charge in [-0.05, 0) is 50.4 Å². The Kier molecular flexibility index (Phi) is 4.37. The summed E-state index contributed by atoms with van der Waals surface area (Å²) in [6.07, 6.45) is 7.67. The first-order valence-electron chi connectivity index (χ1n) is 10.3.